The van der Waals surface area contributed by atoms with E-state index in [0.29, 0.717) is 0 Å². The third-order valence-electron chi connectivity index (χ3n) is 7.26. The average Bonchev–Trinajstić information content (AvgIpc) is 2.84. The van der Waals surface area contributed by atoms with Gasteiger partial charge in [0.15, 0.2) is 0 Å². The number of hydrogen-bond acceptors (Lipinski definition) is 3. The van der Waals surface area contributed by atoms with Crippen LogP contribution in [0.15, 0.2) is 91.0 Å². The summed E-state index contributed by atoms with van der Waals surface area (Å²) in [7, 11) is 0. The second kappa shape index (κ2) is 10.5. The van der Waals surface area contributed by atoms with E-state index in [0.717, 1.165) is 16.7 Å². The van der Waals surface area contributed by atoms with Crippen molar-refractivity contribution in [1.82, 2.24) is 4.90 Å². The molecular formula is C32H39NO4. The lowest BCUT2D eigenvalue weighted by Gasteiger charge is -2.62. The van der Waals surface area contributed by atoms with Crippen molar-refractivity contribution in [3.05, 3.63) is 108 Å². The molecule has 3 rings (SSSR count). The first-order valence-electron chi connectivity index (χ1n) is 12.7. The van der Waals surface area contributed by atoms with Gasteiger partial charge in [0, 0.05) is 12.0 Å². The van der Waals surface area contributed by atoms with Gasteiger partial charge in [-0.05, 0) is 49.3 Å². The molecule has 0 radical (unpaired) electrons. The van der Waals surface area contributed by atoms with Gasteiger partial charge in [-0.2, -0.15) is 0 Å². The maximum absolute atomic E-state index is 13.7. The maximum Gasteiger partial charge on any atom is 0.324 e. The average molecular weight is 502 g/mol. The Morgan fingerprint density at radius 2 is 1.00 bits per heavy atom. The smallest absolute Gasteiger partial charge is 0.324 e. The van der Waals surface area contributed by atoms with E-state index in [-0.39, 0.29) is 12.8 Å². The van der Waals surface area contributed by atoms with E-state index < -0.39 is 34.0 Å². The van der Waals surface area contributed by atoms with E-state index in [9.17, 15) is 19.8 Å². The first-order chi connectivity index (χ1) is 17.3. The molecule has 3 aromatic rings. The van der Waals surface area contributed by atoms with Crippen molar-refractivity contribution in [3.8, 4) is 0 Å². The van der Waals surface area contributed by atoms with Gasteiger partial charge in [0.1, 0.15) is 5.54 Å². The summed E-state index contributed by atoms with van der Waals surface area (Å²) in [5.74, 6) is -2.06. The molecule has 0 saturated heterocycles. The molecule has 0 saturated carbocycles. The Balaban J connectivity index is 2.65. The zero-order valence-electron chi connectivity index (χ0n) is 22.7. The number of rotatable bonds is 9. The Labute approximate surface area is 220 Å². The lowest BCUT2D eigenvalue weighted by atomic mass is 9.62. The van der Waals surface area contributed by atoms with Gasteiger partial charge in [-0.1, -0.05) is 112 Å². The summed E-state index contributed by atoms with van der Waals surface area (Å²) in [4.78, 5) is 27.7. The van der Waals surface area contributed by atoms with Crippen LogP contribution >= 0.6 is 0 Å². The molecule has 0 heterocycles. The van der Waals surface area contributed by atoms with E-state index in [2.05, 4.69) is 4.90 Å². The monoisotopic (exact) mass is 501 g/mol. The summed E-state index contributed by atoms with van der Waals surface area (Å²) >= 11 is 0. The molecule has 0 unspecified atom stereocenters. The normalized spacial score (nSPS) is 14.2. The first-order valence-corrected chi connectivity index (χ1v) is 12.7. The van der Waals surface area contributed by atoms with Crippen LogP contribution in [0.4, 0.5) is 0 Å². The highest BCUT2D eigenvalue weighted by atomic mass is 16.4. The largest absolute Gasteiger partial charge is 0.481 e. The Hall–Kier alpha value is -3.44. The van der Waals surface area contributed by atoms with Crippen LogP contribution in [0.5, 0.6) is 0 Å². The van der Waals surface area contributed by atoms with Crippen molar-refractivity contribution in [2.45, 2.75) is 71.0 Å². The molecule has 0 fully saturated rings. The SMILES string of the molecule is CC(C)(C)N(C(c1ccccc1)(c1ccccc1)c1ccccc1)[C@](CCC(=O)O)(C(=O)O)C(C)(C)C. The number of carbonyl (C=O) groups is 2. The first kappa shape index (κ1) is 28.1. The van der Waals surface area contributed by atoms with E-state index in [4.69, 9.17) is 0 Å². The van der Waals surface area contributed by atoms with Gasteiger partial charge in [-0.3, -0.25) is 14.5 Å². The molecular weight excluding hydrogens is 462 g/mol. The number of benzene rings is 3. The minimum absolute atomic E-state index is 0.0628. The topological polar surface area (TPSA) is 77.8 Å². The number of nitrogens with zero attached hydrogens (tertiary/aromatic N) is 1. The molecule has 0 bridgehead atoms. The molecule has 0 aliphatic carbocycles. The molecule has 0 spiro atoms. The van der Waals surface area contributed by atoms with E-state index in [1.165, 1.54) is 0 Å². The zero-order valence-corrected chi connectivity index (χ0v) is 22.7. The Morgan fingerprint density at radius 1 is 0.649 bits per heavy atom. The van der Waals surface area contributed by atoms with Gasteiger partial charge in [0.05, 0.1) is 5.54 Å². The highest BCUT2D eigenvalue weighted by Gasteiger charge is 2.63. The second-order valence-electron chi connectivity index (χ2n) is 11.6. The minimum Gasteiger partial charge on any atom is -0.481 e. The van der Waals surface area contributed by atoms with Crippen LogP contribution in [0.2, 0.25) is 0 Å². The van der Waals surface area contributed by atoms with Crippen LogP contribution in [-0.2, 0) is 15.1 Å². The number of carboxylic acids is 2. The van der Waals surface area contributed by atoms with Crippen LogP contribution in [0.1, 0.15) is 71.1 Å². The fourth-order valence-corrected chi connectivity index (χ4v) is 5.92. The van der Waals surface area contributed by atoms with Crippen molar-refractivity contribution < 1.29 is 19.8 Å². The van der Waals surface area contributed by atoms with E-state index >= 15 is 0 Å². The number of carboxylic acid groups (broad SMARTS) is 2. The lowest BCUT2D eigenvalue weighted by Crippen LogP contribution is -2.73. The molecule has 0 aromatic heterocycles. The molecule has 37 heavy (non-hydrogen) atoms. The van der Waals surface area contributed by atoms with Gasteiger partial charge < -0.3 is 10.2 Å². The molecule has 5 heteroatoms. The van der Waals surface area contributed by atoms with Gasteiger partial charge in [-0.25, -0.2) is 0 Å². The van der Waals surface area contributed by atoms with Crippen LogP contribution in [0, 0.1) is 5.41 Å². The molecule has 1 atom stereocenters. The lowest BCUT2D eigenvalue weighted by molar-refractivity contribution is -0.180. The van der Waals surface area contributed by atoms with Crippen LogP contribution in [0.3, 0.4) is 0 Å². The van der Waals surface area contributed by atoms with Gasteiger partial charge in [0.2, 0.25) is 0 Å². The fourth-order valence-electron chi connectivity index (χ4n) is 5.92. The highest BCUT2D eigenvalue weighted by molar-refractivity contribution is 5.82. The summed E-state index contributed by atoms with van der Waals surface area (Å²) in [5, 5.41) is 20.9. The molecule has 0 aliphatic rings. The van der Waals surface area contributed by atoms with Crippen molar-refractivity contribution >= 4 is 11.9 Å². The number of aliphatic carboxylic acids is 2. The van der Waals surface area contributed by atoms with E-state index in [1.807, 2.05) is 133 Å². The van der Waals surface area contributed by atoms with Crippen molar-refractivity contribution in [3.63, 3.8) is 0 Å². The molecule has 3 aromatic carbocycles. The summed E-state index contributed by atoms with van der Waals surface area (Å²) in [5.41, 5.74) is -1.44. The van der Waals surface area contributed by atoms with Gasteiger partial charge >= 0.3 is 11.9 Å². The quantitative estimate of drug-likeness (QED) is 0.315. The van der Waals surface area contributed by atoms with Crippen molar-refractivity contribution in [1.29, 1.82) is 0 Å². The Bertz CT molecular complexity index is 1100. The highest BCUT2D eigenvalue weighted by Crippen LogP contribution is 2.55. The Kier molecular flexibility index (Phi) is 7.99. The van der Waals surface area contributed by atoms with Gasteiger partial charge in [0.25, 0.3) is 0 Å². The summed E-state index contributed by atoms with van der Waals surface area (Å²) in [6.45, 7) is 11.7. The summed E-state index contributed by atoms with van der Waals surface area (Å²) in [6.07, 6.45) is -0.336. The molecule has 196 valence electrons. The predicted molar refractivity (Wildman–Crippen MR) is 147 cm³/mol. The van der Waals surface area contributed by atoms with Crippen LogP contribution in [0.25, 0.3) is 0 Å². The number of hydrogen-bond donors (Lipinski definition) is 2. The maximum atomic E-state index is 13.7. The second-order valence-corrected chi connectivity index (χ2v) is 11.6. The molecule has 0 amide bonds. The predicted octanol–water partition coefficient (Wildman–Crippen LogP) is 6.81. The summed E-state index contributed by atoms with van der Waals surface area (Å²) < 4.78 is 0. The van der Waals surface area contributed by atoms with Crippen molar-refractivity contribution in [2.75, 3.05) is 0 Å². The Morgan fingerprint density at radius 3 is 1.24 bits per heavy atom. The third-order valence-corrected chi connectivity index (χ3v) is 7.26. The molecule has 0 aliphatic heterocycles. The summed E-state index contributed by atoms with van der Waals surface area (Å²) in [6, 6.07) is 29.8. The van der Waals surface area contributed by atoms with Crippen molar-refractivity contribution in [2.24, 2.45) is 5.41 Å². The van der Waals surface area contributed by atoms with Crippen LogP contribution < -0.4 is 0 Å². The van der Waals surface area contributed by atoms with E-state index in [1.54, 1.807) is 0 Å². The van der Waals surface area contributed by atoms with Gasteiger partial charge in [-0.15, -0.1) is 0 Å². The standard InChI is InChI=1S/C32H39NO4/c1-29(2,3)31(28(36)37,23-22-27(34)35)33(30(4,5)6)32(24-16-10-7-11-17-24,25-18-12-8-13-19-25)26-20-14-9-15-21-26/h7-21H,22-23H2,1-6H3,(H,34,35)(H,36,37)/t31-/m1/s1. The molecule has 5 nitrogen and oxygen atoms in total. The fraction of sp³-hybridized carbons (Fsp3) is 0.375. The zero-order chi connectivity index (χ0) is 27.5. The molecule has 2 N–H and O–H groups in total. The third kappa shape index (κ3) is 5.05. The minimum atomic E-state index is -1.56. The van der Waals surface area contributed by atoms with Crippen LogP contribution in [-0.4, -0.2) is 38.1 Å².